The van der Waals surface area contributed by atoms with Crippen LogP contribution in [0.25, 0.3) is 0 Å². The number of methoxy groups -OCH3 is 1. The largest absolute Gasteiger partial charge is 0.497 e. The maximum atomic E-state index is 13.1. The zero-order chi connectivity index (χ0) is 19.2. The van der Waals surface area contributed by atoms with Gasteiger partial charge in [-0.3, -0.25) is 9.59 Å². The molecule has 2 aliphatic rings. The lowest BCUT2D eigenvalue weighted by atomic mass is 9.81. The lowest BCUT2D eigenvalue weighted by molar-refractivity contribution is -0.130. The second-order valence-corrected chi connectivity index (χ2v) is 7.57. The molecule has 2 heterocycles. The molecule has 2 aromatic rings. The average Bonchev–Trinajstić information content (AvgIpc) is 3.21. The molecule has 27 heavy (non-hydrogen) atoms. The number of hydrogen-bond donors (Lipinski definition) is 0. The van der Waals surface area contributed by atoms with Gasteiger partial charge in [0, 0.05) is 30.8 Å². The van der Waals surface area contributed by atoms with Crippen LogP contribution in [0.2, 0.25) is 5.02 Å². The number of likely N-dealkylation sites (tertiary alicyclic amines) is 1. The van der Waals surface area contributed by atoms with Crippen LogP contribution in [0.3, 0.4) is 0 Å². The number of anilines is 1. The van der Waals surface area contributed by atoms with Crippen LogP contribution in [0.1, 0.15) is 17.5 Å². The summed E-state index contributed by atoms with van der Waals surface area (Å²) < 4.78 is 5.35. The summed E-state index contributed by atoms with van der Waals surface area (Å²) in [5.74, 6) is 0.752. The highest BCUT2D eigenvalue weighted by molar-refractivity contribution is 6.31. The number of hydrogen-bond acceptors (Lipinski definition) is 3. The first kappa shape index (κ1) is 17.9. The first-order chi connectivity index (χ1) is 13.0. The van der Waals surface area contributed by atoms with Gasteiger partial charge in [0.1, 0.15) is 5.75 Å². The maximum absolute atomic E-state index is 13.1. The van der Waals surface area contributed by atoms with Gasteiger partial charge >= 0.3 is 0 Å². The molecule has 1 saturated heterocycles. The summed E-state index contributed by atoms with van der Waals surface area (Å²) in [7, 11) is 3.40. The highest BCUT2D eigenvalue weighted by Crippen LogP contribution is 2.48. The number of carbonyl (C=O) groups excluding carboxylic acids is 2. The summed E-state index contributed by atoms with van der Waals surface area (Å²) in [4.78, 5) is 29.4. The van der Waals surface area contributed by atoms with E-state index in [1.54, 1.807) is 30.0 Å². The van der Waals surface area contributed by atoms with Crippen LogP contribution in [-0.4, -0.2) is 44.0 Å². The van der Waals surface area contributed by atoms with E-state index in [2.05, 4.69) is 0 Å². The number of likely N-dealkylation sites (N-methyl/N-ethyl adjacent to an activating group) is 1. The average molecular weight is 385 g/mol. The third-order valence-electron chi connectivity index (χ3n) is 5.72. The normalized spacial score (nSPS) is 21.1. The molecule has 0 saturated carbocycles. The van der Waals surface area contributed by atoms with E-state index in [1.807, 2.05) is 36.4 Å². The molecule has 6 heteroatoms. The molecule has 0 N–H and O–H groups in total. The highest BCUT2D eigenvalue weighted by atomic mass is 35.5. The molecule has 2 amide bonds. The van der Waals surface area contributed by atoms with Crippen molar-refractivity contribution in [2.45, 2.75) is 18.3 Å². The Morgan fingerprint density at radius 2 is 2.04 bits per heavy atom. The zero-order valence-corrected chi connectivity index (χ0v) is 16.1. The Labute approximate surface area is 163 Å². The van der Waals surface area contributed by atoms with Gasteiger partial charge in [0.15, 0.2) is 0 Å². The van der Waals surface area contributed by atoms with Crippen molar-refractivity contribution in [3.05, 3.63) is 58.6 Å². The molecule has 0 aliphatic carbocycles. The summed E-state index contributed by atoms with van der Waals surface area (Å²) in [6, 6.07) is 13.1. The molecule has 2 aromatic carbocycles. The van der Waals surface area contributed by atoms with Gasteiger partial charge in [0.25, 0.3) is 0 Å². The molecule has 1 fully saturated rings. The lowest BCUT2D eigenvalue weighted by Crippen LogP contribution is -2.42. The fourth-order valence-electron chi connectivity index (χ4n) is 4.20. The molecule has 0 radical (unpaired) electrons. The molecule has 1 atom stereocenters. The van der Waals surface area contributed by atoms with Crippen molar-refractivity contribution in [1.82, 2.24) is 4.90 Å². The lowest BCUT2D eigenvalue weighted by Gasteiger charge is -2.24. The van der Waals surface area contributed by atoms with E-state index in [1.165, 1.54) is 0 Å². The fourth-order valence-corrected chi connectivity index (χ4v) is 4.40. The van der Waals surface area contributed by atoms with Crippen molar-refractivity contribution >= 4 is 29.1 Å². The van der Waals surface area contributed by atoms with Gasteiger partial charge in [-0.1, -0.05) is 29.8 Å². The Morgan fingerprint density at radius 3 is 2.78 bits per heavy atom. The van der Waals surface area contributed by atoms with Gasteiger partial charge in [-0.2, -0.15) is 0 Å². The van der Waals surface area contributed by atoms with Gasteiger partial charge < -0.3 is 14.5 Å². The van der Waals surface area contributed by atoms with Crippen LogP contribution in [0, 0.1) is 0 Å². The summed E-state index contributed by atoms with van der Waals surface area (Å²) >= 11 is 6.19. The number of carbonyl (C=O) groups is 2. The van der Waals surface area contributed by atoms with Crippen LogP contribution in [0.4, 0.5) is 5.69 Å². The summed E-state index contributed by atoms with van der Waals surface area (Å²) in [6.07, 6.45) is 0.857. The van der Waals surface area contributed by atoms with Gasteiger partial charge in [0.2, 0.25) is 11.8 Å². The summed E-state index contributed by atoms with van der Waals surface area (Å²) in [5.41, 5.74) is 1.96. The minimum atomic E-state index is -0.686. The van der Waals surface area contributed by atoms with Crippen molar-refractivity contribution in [1.29, 1.82) is 0 Å². The Bertz CT molecular complexity index is 929. The topological polar surface area (TPSA) is 49.9 Å². The molecule has 2 aliphatic heterocycles. The standard InChI is InChI=1S/C21H21ClN2O3/c1-23-18-8-7-15(27-2)12-16(18)21(20(23)26)9-10-24(13-21)19(25)11-14-5-3-4-6-17(14)22/h3-8,12H,9-11,13H2,1-2H3. The van der Waals surface area contributed by atoms with Crippen molar-refractivity contribution < 1.29 is 14.3 Å². The number of rotatable bonds is 3. The van der Waals surface area contributed by atoms with Crippen molar-refractivity contribution in [3.63, 3.8) is 0 Å². The molecule has 1 spiro atoms. The SMILES string of the molecule is COc1ccc2c(c1)C1(CCN(C(=O)Cc3ccccc3Cl)C1)C(=O)N2C. The van der Waals surface area contributed by atoms with Crippen LogP contribution in [0.15, 0.2) is 42.5 Å². The molecular formula is C21H21ClN2O3. The molecule has 0 bridgehead atoms. The Morgan fingerprint density at radius 1 is 1.26 bits per heavy atom. The number of halogens is 1. The fraction of sp³-hybridized carbons (Fsp3) is 0.333. The van der Waals surface area contributed by atoms with Crippen LogP contribution in [0.5, 0.6) is 5.75 Å². The van der Waals surface area contributed by atoms with Gasteiger partial charge in [-0.15, -0.1) is 0 Å². The number of ether oxygens (including phenoxy) is 1. The van der Waals surface area contributed by atoms with Crippen molar-refractivity contribution in [2.24, 2.45) is 0 Å². The van der Waals surface area contributed by atoms with E-state index in [9.17, 15) is 9.59 Å². The molecular weight excluding hydrogens is 364 g/mol. The first-order valence-corrected chi connectivity index (χ1v) is 9.32. The molecule has 1 unspecified atom stereocenters. The van der Waals surface area contributed by atoms with E-state index in [0.29, 0.717) is 24.5 Å². The smallest absolute Gasteiger partial charge is 0.239 e. The molecule has 140 valence electrons. The predicted molar refractivity (Wildman–Crippen MR) is 104 cm³/mol. The van der Waals surface area contributed by atoms with E-state index in [4.69, 9.17) is 16.3 Å². The number of nitrogens with zero attached hydrogens (tertiary/aromatic N) is 2. The van der Waals surface area contributed by atoms with E-state index >= 15 is 0 Å². The van der Waals surface area contributed by atoms with Crippen LogP contribution < -0.4 is 9.64 Å². The van der Waals surface area contributed by atoms with Crippen LogP contribution >= 0.6 is 11.6 Å². The second kappa shape index (κ2) is 6.57. The maximum Gasteiger partial charge on any atom is 0.239 e. The minimum Gasteiger partial charge on any atom is -0.497 e. The van der Waals surface area contributed by atoms with E-state index < -0.39 is 5.41 Å². The molecule has 4 rings (SSSR count). The Kier molecular flexibility index (Phi) is 4.35. The molecule has 0 aromatic heterocycles. The third-order valence-corrected chi connectivity index (χ3v) is 6.08. The van der Waals surface area contributed by atoms with E-state index in [-0.39, 0.29) is 18.2 Å². The van der Waals surface area contributed by atoms with Gasteiger partial charge in [-0.05, 0) is 41.8 Å². The van der Waals surface area contributed by atoms with Crippen LogP contribution in [-0.2, 0) is 21.4 Å². The third kappa shape index (κ3) is 2.77. The predicted octanol–water partition coefficient (Wildman–Crippen LogP) is 3.04. The zero-order valence-electron chi connectivity index (χ0n) is 15.4. The highest BCUT2D eigenvalue weighted by Gasteiger charge is 2.54. The Balaban J connectivity index is 1.61. The summed E-state index contributed by atoms with van der Waals surface area (Å²) in [5, 5.41) is 0.589. The number of benzene rings is 2. The van der Waals surface area contributed by atoms with Crippen molar-refractivity contribution in [2.75, 3.05) is 32.1 Å². The minimum absolute atomic E-state index is 0.00762. The van der Waals surface area contributed by atoms with Crippen molar-refractivity contribution in [3.8, 4) is 5.75 Å². The molecule has 5 nitrogen and oxygen atoms in total. The number of amides is 2. The quantitative estimate of drug-likeness (QED) is 0.817. The summed E-state index contributed by atoms with van der Waals surface area (Å²) in [6.45, 7) is 0.944. The first-order valence-electron chi connectivity index (χ1n) is 8.94. The monoisotopic (exact) mass is 384 g/mol. The van der Waals surface area contributed by atoms with Gasteiger partial charge in [-0.25, -0.2) is 0 Å². The number of fused-ring (bicyclic) bond motifs is 2. The Hall–Kier alpha value is -2.53. The van der Waals surface area contributed by atoms with E-state index in [0.717, 1.165) is 22.6 Å². The second-order valence-electron chi connectivity index (χ2n) is 7.16. The van der Waals surface area contributed by atoms with Gasteiger partial charge in [0.05, 0.1) is 18.9 Å².